The number of carbonyl (C=O) groups is 2. The second-order valence-electron chi connectivity index (χ2n) is 6.04. The molecule has 0 aliphatic rings. The molecule has 24 heavy (non-hydrogen) atoms. The fraction of sp³-hybridized carbons (Fsp3) is 0.350. The first-order chi connectivity index (χ1) is 11.5. The zero-order valence-corrected chi connectivity index (χ0v) is 14.5. The Morgan fingerprint density at radius 2 is 1.88 bits per heavy atom. The van der Waals surface area contributed by atoms with Gasteiger partial charge in [0.05, 0.1) is 0 Å². The van der Waals surface area contributed by atoms with Crippen molar-refractivity contribution in [2.75, 3.05) is 11.9 Å². The Morgan fingerprint density at radius 3 is 2.42 bits per heavy atom. The van der Waals surface area contributed by atoms with Crippen LogP contribution in [-0.2, 0) is 11.2 Å². The van der Waals surface area contributed by atoms with Crippen molar-refractivity contribution in [3.63, 3.8) is 0 Å². The van der Waals surface area contributed by atoms with Crippen LogP contribution < -0.4 is 4.90 Å². The number of hydrogen-bond acceptors (Lipinski definition) is 3. The Labute approximate surface area is 143 Å². The van der Waals surface area contributed by atoms with E-state index in [1.807, 2.05) is 42.6 Å². The maximum atomic E-state index is 12.9. The summed E-state index contributed by atoms with van der Waals surface area (Å²) in [5.41, 5.74) is 2.56. The summed E-state index contributed by atoms with van der Waals surface area (Å²) in [5, 5.41) is 0. The van der Waals surface area contributed by atoms with E-state index in [2.05, 4.69) is 11.9 Å². The van der Waals surface area contributed by atoms with Crippen molar-refractivity contribution in [2.45, 2.75) is 33.1 Å². The number of amides is 1. The summed E-state index contributed by atoms with van der Waals surface area (Å²) in [7, 11) is 1.72. The molecule has 1 heterocycles. The summed E-state index contributed by atoms with van der Waals surface area (Å²) in [5.74, 6) is 0.0721. The standard InChI is InChI=1S/C20H24N2O2/c1-4-6-18(13-16-7-5-12-21-14-16)20(24)17-8-10-19(11-9-17)22(3)15(2)23/h5,7-12,14,18H,4,6,13H2,1-3H3. The molecular formula is C20H24N2O2. The maximum Gasteiger partial charge on any atom is 0.223 e. The van der Waals surface area contributed by atoms with Crippen LogP contribution in [0.2, 0.25) is 0 Å². The SMILES string of the molecule is CCCC(Cc1cccnc1)C(=O)c1ccc(N(C)C(C)=O)cc1. The van der Waals surface area contributed by atoms with Crippen LogP contribution in [0.3, 0.4) is 0 Å². The summed E-state index contributed by atoms with van der Waals surface area (Å²) in [6, 6.07) is 11.2. The van der Waals surface area contributed by atoms with Crippen molar-refractivity contribution in [3.8, 4) is 0 Å². The fourth-order valence-electron chi connectivity index (χ4n) is 2.74. The van der Waals surface area contributed by atoms with Gasteiger partial charge in [-0.15, -0.1) is 0 Å². The van der Waals surface area contributed by atoms with Crippen molar-refractivity contribution >= 4 is 17.4 Å². The van der Waals surface area contributed by atoms with Crippen LogP contribution in [0.15, 0.2) is 48.8 Å². The number of Topliss-reactive ketones (excluding diaryl/α,β-unsaturated/α-hetero) is 1. The minimum absolute atomic E-state index is 0.0329. The number of benzene rings is 1. The summed E-state index contributed by atoms with van der Waals surface area (Å²) in [6.45, 7) is 3.61. The molecule has 0 spiro atoms. The highest BCUT2D eigenvalue weighted by molar-refractivity contribution is 5.99. The Bertz CT molecular complexity index is 681. The minimum Gasteiger partial charge on any atom is -0.316 e. The maximum absolute atomic E-state index is 12.9. The van der Waals surface area contributed by atoms with Gasteiger partial charge in [-0.3, -0.25) is 14.6 Å². The molecule has 1 aromatic carbocycles. The quantitative estimate of drug-likeness (QED) is 0.726. The lowest BCUT2D eigenvalue weighted by Crippen LogP contribution is -2.23. The van der Waals surface area contributed by atoms with Gasteiger partial charge in [0.1, 0.15) is 0 Å². The largest absolute Gasteiger partial charge is 0.316 e. The fourth-order valence-corrected chi connectivity index (χ4v) is 2.74. The number of pyridine rings is 1. The van der Waals surface area contributed by atoms with Crippen LogP contribution in [-0.4, -0.2) is 23.7 Å². The number of ketones is 1. The number of nitrogens with zero attached hydrogens (tertiary/aromatic N) is 2. The summed E-state index contributed by atoms with van der Waals surface area (Å²) >= 11 is 0. The number of rotatable bonds is 7. The Kier molecular flexibility index (Phi) is 6.24. The predicted octanol–water partition coefficient (Wildman–Crippen LogP) is 3.91. The third-order valence-corrected chi connectivity index (χ3v) is 4.22. The molecule has 0 radical (unpaired) electrons. The Balaban J connectivity index is 2.15. The predicted molar refractivity (Wildman–Crippen MR) is 96.2 cm³/mol. The van der Waals surface area contributed by atoms with E-state index in [-0.39, 0.29) is 17.6 Å². The molecule has 126 valence electrons. The highest BCUT2D eigenvalue weighted by Gasteiger charge is 2.20. The van der Waals surface area contributed by atoms with Crippen molar-refractivity contribution in [3.05, 3.63) is 59.9 Å². The highest BCUT2D eigenvalue weighted by atomic mass is 16.2. The topological polar surface area (TPSA) is 50.3 Å². The van der Waals surface area contributed by atoms with Gasteiger partial charge < -0.3 is 4.90 Å². The van der Waals surface area contributed by atoms with E-state index < -0.39 is 0 Å². The molecule has 1 atom stereocenters. The van der Waals surface area contributed by atoms with Crippen molar-refractivity contribution in [1.82, 2.24) is 4.98 Å². The Hall–Kier alpha value is -2.49. The lowest BCUT2D eigenvalue weighted by Gasteiger charge is -2.17. The number of aromatic nitrogens is 1. The van der Waals surface area contributed by atoms with Crippen LogP contribution >= 0.6 is 0 Å². The zero-order chi connectivity index (χ0) is 17.5. The molecule has 2 aromatic rings. The number of carbonyl (C=O) groups excluding carboxylic acids is 2. The normalized spacial score (nSPS) is 11.8. The van der Waals surface area contributed by atoms with Gasteiger partial charge in [-0.25, -0.2) is 0 Å². The lowest BCUT2D eigenvalue weighted by atomic mass is 9.88. The van der Waals surface area contributed by atoms with Crippen LogP contribution in [0.5, 0.6) is 0 Å². The van der Waals surface area contributed by atoms with Gasteiger partial charge in [0.15, 0.2) is 5.78 Å². The smallest absolute Gasteiger partial charge is 0.223 e. The van der Waals surface area contributed by atoms with Crippen molar-refractivity contribution in [2.24, 2.45) is 5.92 Å². The van der Waals surface area contributed by atoms with Gasteiger partial charge in [-0.05, 0) is 48.7 Å². The zero-order valence-electron chi connectivity index (χ0n) is 14.5. The van der Waals surface area contributed by atoms with Crippen LogP contribution in [0.4, 0.5) is 5.69 Å². The van der Waals surface area contributed by atoms with Crippen LogP contribution in [0.25, 0.3) is 0 Å². The summed E-state index contributed by atoms with van der Waals surface area (Å²) in [6.07, 6.45) is 6.07. The molecule has 0 fully saturated rings. The molecule has 0 bridgehead atoms. The second-order valence-corrected chi connectivity index (χ2v) is 6.04. The monoisotopic (exact) mass is 324 g/mol. The molecule has 0 N–H and O–H groups in total. The van der Waals surface area contributed by atoms with E-state index in [1.165, 1.54) is 6.92 Å². The molecule has 4 nitrogen and oxygen atoms in total. The molecule has 2 rings (SSSR count). The number of anilines is 1. The average Bonchev–Trinajstić information content (AvgIpc) is 2.61. The molecule has 1 amide bonds. The van der Waals surface area contributed by atoms with E-state index in [9.17, 15) is 9.59 Å². The van der Waals surface area contributed by atoms with E-state index >= 15 is 0 Å². The van der Waals surface area contributed by atoms with E-state index in [4.69, 9.17) is 0 Å². The molecule has 1 aromatic heterocycles. The van der Waals surface area contributed by atoms with Crippen molar-refractivity contribution < 1.29 is 9.59 Å². The first kappa shape index (κ1) is 17.9. The van der Waals surface area contributed by atoms with Gasteiger partial charge in [-0.2, -0.15) is 0 Å². The minimum atomic E-state index is -0.0458. The van der Waals surface area contributed by atoms with Crippen molar-refractivity contribution in [1.29, 1.82) is 0 Å². The van der Waals surface area contributed by atoms with Crippen LogP contribution in [0, 0.1) is 5.92 Å². The average molecular weight is 324 g/mol. The third kappa shape index (κ3) is 4.51. The molecular weight excluding hydrogens is 300 g/mol. The molecule has 0 aliphatic carbocycles. The summed E-state index contributed by atoms with van der Waals surface area (Å²) in [4.78, 5) is 30.0. The number of hydrogen-bond donors (Lipinski definition) is 0. The van der Waals surface area contributed by atoms with Gasteiger partial charge in [0.2, 0.25) is 5.91 Å². The van der Waals surface area contributed by atoms with Gasteiger partial charge in [0.25, 0.3) is 0 Å². The molecule has 0 saturated heterocycles. The highest BCUT2D eigenvalue weighted by Crippen LogP contribution is 2.21. The lowest BCUT2D eigenvalue weighted by molar-refractivity contribution is -0.116. The second kappa shape index (κ2) is 8.39. The van der Waals surface area contributed by atoms with Gasteiger partial charge in [-0.1, -0.05) is 19.4 Å². The van der Waals surface area contributed by atoms with E-state index in [0.29, 0.717) is 12.0 Å². The van der Waals surface area contributed by atoms with Gasteiger partial charge >= 0.3 is 0 Å². The Morgan fingerprint density at radius 1 is 1.17 bits per heavy atom. The van der Waals surface area contributed by atoms with E-state index in [0.717, 1.165) is 24.1 Å². The molecule has 0 aliphatic heterocycles. The molecule has 1 unspecified atom stereocenters. The first-order valence-electron chi connectivity index (χ1n) is 8.30. The van der Waals surface area contributed by atoms with Gasteiger partial charge in [0, 0.05) is 43.5 Å². The summed E-state index contributed by atoms with van der Waals surface area (Å²) < 4.78 is 0. The third-order valence-electron chi connectivity index (χ3n) is 4.22. The first-order valence-corrected chi connectivity index (χ1v) is 8.30. The van der Waals surface area contributed by atoms with Crippen LogP contribution in [0.1, 0.15) is 42.6 Å². The molecule has 4 heteroatoms. The molecule has 0 saturated carbocycles. The van der Waals surface area contributed by atoms with E-state index in [1.54, 1.807) is 18.1 Å².